The predicted molar refractivity (Wildman–Crippen MR) is 227 cm³/mol. The van der Waals surface area contributed by atoms with Gasteiger partial charge in [0.2, 0.25) is 11.8 Å². The number of halogens is 9. The molecule has 4 heterocycles. The van der Waals surface area contributed by atoms with Crippen molar-refractivity contribution in [1.82, 2.24) is 25.3 Å². The number of aromatic nitrogens is 4. The number of ether oxygens (including phenoxy) is 4. The number of aliphatic hydroxyl groups is 1. The van der Waals surface area contributed by atoms with Crippen LogP contribution < -0.4 is 19.7 Å². The SMILES string of the molecule is CC[C@@H]1OC(=O)N[C@H]1c1cccc(C(F)(F)F)c1.Clc1ccc(Oc2cnc(Br)cn2)cc1.O=C1O[C@@H](CO)[C@H](c2cccc(C(F)(F)F)c2)N1c1cnc(Oc2ccc(Cl)cc2)cn1. The van der Waals surface area contributed by atoms with Crippen molar-refractivity contribution in [3.8, 4) is 23.3 Å². The molecule has 2 aliphatic rings. The zero-order valence-corrected chi connectivity index (χ0v) is 36.4. The molecule has 4 atom stereocenters. The summed E-state index contributed by atoms with van der Waals surface area (Å²) in [7, 11) is 0. The first-order valence-electron chi connectivity index (χ1n) is 19.0. The summed E-state index contributed by atoms with van der Waals surface area (Å²) in [5.41, 5.74) is -1.07. The standard InChI is InChI=1S/C21H15ClF3N3O4.C12H12F3NO2.C10H6BrClN2O/c22-14-4-6-15(7-5-14)31-18-10-26-17(9-27-18)28-19(16(11-29)32-20(28)30)12-2-1-3-13(8-12)21(23,24)25;1-2-9-10(16-11(17)18-9)7-4-3-5-8(6-7)12(13,14)15;11-9-5-14-10(6-13-9)15-8-3-1-7(12)2-4-8/h1-10,16,19,29H,11H2;3-6,9-10H,2H2,1H3,(H,16,17);1-6H/t16-,19-;9-,10-;/m00./s1. The molecule has 0 aliphatic carbocycles. The van der Waals surface area contributed by atoms with E-state index in [1.165, 1.54) is 30.6 Å². The zero-order valence-electron chi connectivity index (χ0n) is 33.3. The third kappa shape index (κ3) is 13.0. The molecular weight excluding hydrogens is 977 g/mol. The second-order valence-electron chi connectivity index (χ2n) is 13.6. The molecule has 0 saturated carbocycles. The van der Waals surface area contributed by atoms with Gasteiger partial charge in [0.1, 0.15) is 28.2 Å². The molecule has 4 aromatic carbocycles. The maximum atomic E-state index is 13.2. The number of nitrogens with zero attached hydrogens (tertiary/aromatic N) is 5. The fraction of sp³-hybridized carbons (Fsp3) is 0.209. The number of nitrogens with one attached hydrogen (secondary N) is 1. The molecular formula is C43H33BrCl2F6N6O7. The van der Waals surface area contributed by atoms with Gasteiger partial charge in [0, 0.05) is 10.0 Å². The van der Waals surface area contributed by atoms with Crippen LogP contribution in [0.15, 0.2) is 126 Å². The van der Waals surface area contributed by atoms with E-state index < -0.39 is 66.6 Å². The average Bonchev–Trinajstić information content (AvgIpc) is 3.85. The van der Waals surface area contributed by atoms with E-state index in [9.17, 15) is 41.0 Å². The molecule has 340 valence electrons. The highest BCUT2D eigenvalue weighted by molar-refractivity contribution is 9.10. The van der Waals surface area contributed by atoms with Crippen LogP contribution >= 0.6 is 39.1 Å². The molecule has 2 amide bonds. The first-order valence-corrected chi connectivity index (χ1v) is 20.5. The summed E-state index contributed by atoms with van der Waals surface area (Å²) in [6, 6.07) is 21.4. The summed E-state index contributed by atoms with van der Waals surface area (Å²) in [4.78, 5) is 40.9. The van der Waals surface area contributed by atoms with Crippen molar-refractivity contribution >= 4 is 57.1 Å². The number of amides is 2. The molecule has 2 saturated heterocycles. The van der Waals surface area contributed by atoms with E-state index in [0.29, 0.717) is 44.0 Å². The number of aliphatic hydroxyl groups excluding tert-OH is 1. The number of alkyl halides is 6. The van der Waals surface area contributed by atoms with Crippen molar-refractivity contribution in [2.75, 3.05) is 11.5 Å². The monoisotopic (exact) mass is 1010 g/mol. The minimum Gasteiger partial charge on any atom is -0.444 e. The van der Waals surface area contributed by atoms with Crippen molar-refractivity contribution < 1.29 is 60.0 Å². The van der Waals surface area contributed by atoms with Crippen LogP contribution in [0.1, 0.15) is 47.7 Å². The van der Waals surface area contributed by atoms with Crippen LogP contribution in [0.25, 0.3) is 0 Å². The van der Waals surface area contributed by atoms with Crippen molar-refractivity contribution in [1.29, 1.82) is 0 Å². The highest BCUT2D eigenvalue weighted by atomic mass is 79.9. The average molecular weight is 1010 g/mol. The van der Waals surface area contributed by atoms with Gasteiger partial charge in [-0.1, -0.05) is 54.4 Å². The number of carbonyl (C=O) groups excluding carboxylic acids is 2. The van der Waals surface area contributed by atoms with Gasteiger partial charge in [0.05, 0.1) is 48.6 Å². The molecule has 2 aliphatic heterocycles. The summed E-state index contributed by atoms with van der Waals surface area (Å²) >= 11 is 14.8. The fourth-order valence-electron chi connectivity index (χ4n) is 6.24. The van der Waals surface area contributed by atoms with Gasteiger partial charge in [-0.2, -0.15) is 26.3 Å². The van der Waals surface area contributed by atoms with Gasteiger partial charge in [-0.25, -0.2) is 34.4 Å². The molecule has 65 heavy (non-hydrogen) atoms. The van der Waals surface area contributed by atoms with Crippen LogP contribution in [-0.2, 0) is 21.8 Å². The van der Waals surface area contributed by atoms with Gasteiger partial charge in [0.25, 0.3) is 0 Å². The van der Waals surface area contributed by atoms with Gasteiger partial charge >= 0.3 is 24.5 Å². The minimum absolute atomic E-state index is 0.0248. The number of hydrogen-bond donors (Lipinski definition) is 2. The molecule has 2 N–H and O–H groups in total. The van der Waals surface area contributed by atoms with E-state index >= 15 is 0 Å². The Hall–Kier alpha value is -6.22. The Morgan fingerprint density at radius 2 is 1.23 bits per heavy atom. The third-order valence-corrected chi connectivity index (χ3v) is 10.1. The molecule has 2 fully saturated rings. The van der Waals surface area contributed by atoms with Crippen LogP contribution in [0.2, 0.25) is 10.0 Å². The van der Waals surface area contributed by atoms with Crippen LogP contribution in [0.5, 0.6) is 23.3 Å². The normalized spacial score (nSPS) is 18.0. The zero-order chi connectivity index (χ0) is 46.9. The van der Waals surface area contributed by atoms with Crippen LogP contribution in [-0.4, -0.2) is 56.0 Å². The van der Waals surface area contributed by atoms with E-state index in [4.69, 9.17) is 42.1 Å². The minimum atomic E-state index is -4.57. The molecule has 0 radical (unpaired) electrons. The second-order valence-corrected chi connectivity index (χ2v) is 15.3. The Balaban J connectivity index is 0.000000178. The van der Waals surface area contributed by atoms with E-state index in [1.54, 1.807) is 67.0 Å². The lowest BCUT2D eigenvalue weighted by atomic mass is 9.98. The molecule has 6 aromatic rings. The van der Waals surface area contributed by atoms with Crippen LogP contribution in [0.3, 0.4) is 0 Å². The van der Waals surface area contributed by atoms with Gasteiger partial charge < -0.3 is 29.4 Å². The molecule has 0 bridgehead atoms. The van der Waals surface area contributed by atoms with Gasteiger partial charge in [-0.05, 0) is 106 Å². The van der Waals surface area contributed by atoms with Gasteiger partial charge in [-0.3, -0.25) is 0 Å². The highest BCUT2D eigenvalue weighted by Crippen LogP contribution is 2.39. The Morgan fingerprint density at radius 3 is 1.71 bits per heavy atom. The second kappa shape index (κ2) is 21.2. The number of carbonyl (C=O) groups is 2. The Bertz CT molecular complexity index is 2500. The first-order chi connectivity index (χ1) is 30.9. The quantitative estimate of drug-likeness (QED) is 0.133. The molecule has 0 unspecified atom stereocenters. The van der Waals surface area contributed by atoms with Crippen molar-refractivity contribution in [2.45, 2.75) is 50.0 Å². The van der Waals surface area contributed by atoms with E-state index in [2.05, 4.69) is 41.2 Å². The fourth-order valence-corrected chi connectivity index (χ4v) is 6.69. The molecule has 13 nitrogen and oxygen atoms in total. The molecule has 22 heteroatoms. The Morgan fingerprint density at radius 1 is 0.708 bits per heavy atom. The van der Waals surface area contributed by atoms with Crippen molar-refractivity contribution in [2.24, 2.45) is 0 Å². The number of anilines is 1. The van der Waals surface area contributed by atoms with E-state index in [-0.39, 0.29) is 17.3 Å². The smallest absolute Gasteiger partial charge is 0.416 e. The van der Waals surface area contributed by atoms with Gasteiger partial charge in [0.15, 0.2) is 11.9 Å². The van der Waals surface area contributed by atoms with Crippen LogP contribution in [0, 0.1) is 0 Å². The lowest BCUT2D eigenvalue weighted by Crippen LogP contribution is -2.31. The topological polar surface area (TPSA) is 158 Å². The maximum absolute atomic E-state index is 13.2. The highest BCUT2D eigenvalue weighted by Gasteiger charge is 2.45. The maximum Gasteiger partial charge on any atom is 0.416 e. The number of alkyl carbamates (subject to hydrolysis) is 1. The first kappa shape index (κ1) is 48.2. The number of cyclic esters (lactones) is 2. The van der Waals surface area contributed by atoms with Crippen molar-refractivity contribution in [3.05, 3.63) is 159 Å². The lowest BCUT2D eigenvalue weighted by Gasteiger charge is -2.24. The molecule has 2 aromatic heterocycles. The van der Waals surface area contributed by atoms with Gasteiger partial charge in [-0.15, -0.1) is 0 Å². The van der Waals surface area contributed by atoms with Crippen molar-refractivity contribution in [3.63, 3.8) is 0 Å². The largest absolute Gasteiger partial charge is 0.444 e. The summed E-state index contributed by atoms with van der Waals surface area (Å²) in [5, 5.41) is 13.4. The third-order valence-electron chi connectivity index (χ3n) is 9.22. The summed E-state index contributed by atoms with van der Waals surface area (Å²) in [5.74, 6) is 1.73. The Kier molecular flexibility index (Phi) is 15.7. The lowest BCUT2D eigenvalue weighted by molar-refractivity contribution is -0.138. The molecule has 0 spiro atoms. The van der Waals surface area contributed by atoms with Crippen LogP contribution in [0.4, 0.5) is 41.7 Å². The Labute approximate surface area is 384 Å². The predicted octanol–water partition coefficient (Wildman–Crippen LogP) is 11.9. The molecule has 8 rings (SSSR count). The summed E-state index contributed by atoms with van der Waals surface area (Å²) in [6.07, 6.45) is -5.79. The number of benzene rings is 4. The summed E-state index contributed by atoms with van der Waals surface area (Å²) < 4.78 is 99.1. The summed E-state index contributed by atoms with van der Waals surface area (Å²) in [6.45, 7) is 1.22. The van der Waals surface area contributed by atoms with E-state index in [0.717, 1.165) is 29.2 Å². The van der Waals surface area contributed by atoms with E-state index in [1.807, 2.05) is 6.92 Å². The number of rotatable bonds is 9. The number of hydrogen-bond acceptors (Lipinski definition) is 11.